The molecular formula is C22H21Cl2N5O2. The monoisotopic (exact) mass is 457 g/mol. The van der Waals surface area contributed by atoms with Crippen LogP contribution in [0.2, 0.25) is 10.2 Å². The molecule has 3 heterocycles. The number of fused-ring (bicyclic) bond motifs is 1. The Kier molecular flexibility index (Phi) is 5.94. The van der Waals surface area contributed by atoms with E-state index in [4.69, 9.17) is 27.9 Å². The standard InChI is InChI=1S/C22H21Cl2N5O2/c1-28-17-5-6-19(24)27-20(17)21(15(12-25)22(28)30)29-9-7-14(8-10-29)26-16-4-3-13(23)11-18(16)31-2/h3-6,11,14,26H,7-10H2,1-2H3. The van der Waals surface area contributed by atoms with Gasteiger partial charge in [-0.1, -0.05) is 23.2 Å². The van der Waals surface area contributed by atoms with Crippen molar-refractivity contribution in [2.45, 2.75) is 18.9 Å². The number of aromatic nitrogens is 2. The van der Waals surface area contributed by atoms with E-state index in [1.165, 1.54) is 4.57 Å². The van der Waals surface area contributed by atoms with E-state index in [0.717, 1.165) is 18.5 Å². The molecule has 1 saturated heterocycles. The SMILES string of the molecule is COc1cc(Cl)ccc1NC1CCN(c2c(C#N)c(=O)n(C)c3ccc(Cl)nc23)CC1. The molecule has 1 aliphatic heterocycles. The third kappa shape index (κ3) is 4.01. The van der Waals surface area contributed by atoms with E-state index in [9.17, 15) is 10.1 Å². The van der Waals surface area contributed by atoms with Crippen LogP contribution in [-0.2, 0) is 7.05 Å². The lowest BCUT2D eigenvalue weighted by Crippen LogP contribution is -2.40. The van der Waals surface area contributed by atoms with Crippen molar-refractivity contribution in [3.8, 4) is 11.8 Å². The predicted molar refractivity (Wildman–Crippen MR) is 124 cm³/mol. The number of nitrogens with zero attached hydrogens (tertiary/aromatic N) is 4. The van der Waals surface area contributed by atoms with Gasteiger partial charge in [-0.2, -0.15) is 5.26 Å². The number of halogens is 2. The summed E-state index contributed by atoms with van der Waals surface area (Å²) in [7, 11) is 3.25. The summed E-state index contributed by atoms with van der Waals surface area (Å²) in [6.45, 7) is 1.33. The summed E-state index contributed by atoms with van der Waals surface area (Å²) in [4.78, 5) is 19.3. The predicted octanol–water partition coefficient (Wildman–Crippen LogP) is 4.20. The third-order valence-corrected chi connectivity index (χ3v) is 6.07. The number of nitrogens with one attached hydrogen (secondary N) is 1. The third-order valence-electron chi connectivity index (χ3n) is 5.63. The molecule has 4 rings (SSSR count). The number of aryl methyl sites for hydroxylation is 1. The highest BCUT2D eigenvalue weighted by Gasteiger charge is 2.26. The van der Waals surface area contributed by atoms with Gasteiger partial charge < -0.3 is 19.5 Å². The first-order valence-electron chi connectivity index (χ1n) is 9.87. The maximum Gasteiger partial charge on any atom is 0.270 e. The summed E-state index contributed by atoms with van der Waals surface area (Å²) in [5.41, 5.74) is 2.42. The molecule has 1 aromatic carbocycles. The Bertz CT molecular complexity index is 1240. The quantitative estimate of drug-likeness (QED) is 0.590. The van der Waals surface area contributed by atoms with Crippen LogP contribution in [0.4, 0.5) is 11.4 Å². The normalized spacial score (nSPS) is 14.5. The molecular weight excluding hydrogens is 437 g/mol. The van der Waals surface area contributed by atoms with Gasteiger partial charge in [0, 0.05) is 37.3 Å². The van der Waals surface area contributed by atoms with Crippen molar-refractivity contribution in [3.63, 3.8) is 0 Å². The molecule has 0 radical (unpaired) electrons. The highest BCUT2D eigenvalue weighted by molar-refractivity contribution is 6.30. The van der Waals surface area contributed by atoms with Gasteiger partial charge in [-0.25, -0.2) is 4.98 Å². The van der Waals surface area contributed by atoms with Crippen molar-refractivity contribution in [1.29, 1.82) is 5.26 Å². The minimum atomic E-state index is -0.333. The topological polar surface area (TPSA) is 83.2 Å². The van der Waals surface area contributed by atoms with Gasteiger partial charge in [0.05, 0.1) is 24.0 Å². The van der Waals surface area contributed by atoms with E-state index in [0.29, 0.717) is 45.7 Å². The van der Waals surface area contributed by atoms with Crippen LogP contribution in [0.25, 0.3) is 11.0 Å². The van der Waals surface area contributed by atoms with Crippen molar-refractivity contribution in [2.24, 2.45) is 7.05 Å². The second-order valence-corrected chi connectivity index (χ2v) is 8.28. The molecule has 9 heteroatoms. The van der Waals surface area contributed by atoms with Gasteiger partial charge in [-0.15, -0.1) is 0 Å². The van der Waals surface area contributed by atoms with Gasteiger partial charge in [0.2, 0.25) is 0 Å². The minimum Gasteiger partial charge on any atom is -0.495 e. The zero-order chi connectivity index (χ0) is 22.1. The molecule has 0 unspecified atom stereocenters. The van der Waals surface area contributed by atoms with E-state index < -0.39 is 0 Å². The number of piperidine rings is 1. The first-order valence-corrected chi connectivity index (χ1v) is 10.6. The molecule has 31 heavy (non-hydrogen) atoms. The van der Waals surface area contributed by atoms with Crippen LogP contribution in [0.5, 0.6) is 5.75 Å². The second kappa shape index (κ2) is 8.66. The number of ether oxygens (including phenoxy) is 1. The molecule has 0 bridgehead atoms. The first kappa shape index (κ1) is 21.3. The summed E-state index contributed by atoms with van der Waals surface area (Å²) in [5.74, 6) is 0.693. The van der Waals surface area contributed by atoms with Crippen LogP contribution in [-0.4, -0.2) is 35.8 Å². The van der Waals surface area contributed by atoms with Crippen molar-refractivity contribution in [2.75, 3.05) is 30.4 Å². The number of anilines is 2. The number of benzene rings is 1. The van der Waals surface area contributed by atoms with Crippen LogP contribution in [0, 0.1) is 11.3 Å². The summed E-state index contributed by atoms with van der Waals surface area (Å²) >= 11 is 12.2. The van der Waals surface area contributed by atoms with Gasteiger partial charge in [0.25, 0.3) is 5.56 Å². The molecule has 1 N–H and O–H groups in total. The fraction of sp³-hybridized carbons (Fsp3) is 0.318. The van der Waals surface area contributed by atoms with E-state index in [2.05, 4.69) is 21.3 Å². The van der Waals surface area contributed by atoms with Crippen LogP contribution in [0.15, 0.2) is 35.1 Å². The number of hydrogen-bond donors (Lipinski definition) is 1. The van der Waals surface area contributed by atoms with Gasteiger partial charge >= 0.3 is 0 Å². The Labute approximate surface area is 189 Å². The lowest BCUT2D eigenvalue weighted by Gasteiger charge is -2.35. The van der Waals surface area contributed by atoms with E-state index >= 15 is 0 Å². The second-order valence-electron chi connectivity index (χ2n) is 7.45. The molecule has 160 valence electrons. The van der Waals surface area contributed by atoms with Crippen molar-refractivity contribution in [3.05, 3.63) is 56.4 Å². The van der Waals surface area contributed by atoms with Gasteiger partial charge in [-0.3, -0.25) is 4.79 Å². The molecule has 0 spiro atoms. The fourth-order valence-electron chi connectivity index (χ4n) is 4.03. The molecule has 0 amide bonds. The lowest BCUT2D eigenvalue weighted by molar-refractivity contribution is 0.415. The maximum atomic E-state index is 12.8. The van der Waals surface area contributed by atoms with Crippen molar-refractivity contribution < 1.29 is 4.74 Å². The average molecular weight is 458 g/mol. The summed E-state index contributed by atoms with van der Waals surface area (Å²) in [5, 5.41) is 14.2. The van der Waals surface area contributed by atoms with Gasteiger partial charge in [0.1, 0.15) is 28.1 Å². The molecule has 1 aliphatic rings. The smallest absolute Gasteiger partial charge is 0.270 e. The molecule has 1 fully saturated rings. The highest BCUT2D eigenvalue weighted by atomic mass is 35.5. The first-order chi connectivity index (χ1) is 14.9. The largest absolute Gasteiger partial charge is 0.495 e. The minimum absolute atomic E-state index is 0.0931. The number of methoxy groups -OCH3 is 1. The summed E-state index contributed by atoms with van der Waals surface area (Å²) in [6, 6.07) is 11.2. The lowest BCUT2D eigenvalue weighted by atomic mass is 10.0. The Hall–Kier alpha value is -2.95. The molecule has 2 aromatic heterocycles. The Morgan fingerprint density at radius 1 is 1.23 bits per heavy atom. The zero-order valence-corrected chi connectivity index (χ0v) is 18.7. The van der Waals surface area contributed by atoms with Gasteiger partial charge in [0.15, 0.2) is 0 Å². The Morgan fingerprint density at radius 2 is 1.97 bits per heavy atom. The molecule has 7 nitrogen and oxygen atoms in total. The van der Waals surface area contributed by atoms with E-state index in [1.807, 2.05) is 12.1 Å². The average Bonchev–Trinajstić information content (AvgIpc) is 2.77. The van der Waals surface area contributed by atoms with Crippen LogP contribution < -0.4 is 20.5 Å². The van der Waals surface area contributed by atoms with Crippen LogP contribution >= 0.6 is 23.2 Å². The fourth-order valence-corrected chi connectivity index (χ4v) is 4.34. The van der Waals surface area contributed by atoms with Crippen LogP contribution in [0.3, 0.4) is 0 Å². The maximum absolute atomic E-state index is 12.8. The van der Waals surface area contributed by atoms with E-state index in [1.54, 1.807) is 32.4 Å². The molecule has 3 aromatic rings. The van der Waals surface area contributed by atoms with Crippen molar-refractivity contribution in [1.82, 2.24) is 9.55 Å². The zero-order valence-electron chi connectivity index (χ0n) is 17.2. The Balaban J connectivity index is 1.62. The van der Waals surface area contributed by atoms with E-state index in [-0.39, 0.29) is 17.2 Å². The Morgan fingerprint density at radius 3 is 2.65 bits per heavy atom. The number of hydrogen-bond acceptors (Lipinski definition) is 6. The van der Waals surface area contributed by atoms with Crippen LogP contribution in [0.1, 0.15) is 18.4 Å². The van der Waals surface area contributed by atoms with Crippen molar-refractivity contribution >= 4 is 45.6 Å². The summed E-state index contributed by atoms with van der Waals surface area (Å²) in [6.07, 6.45) is 1.63. The molecule has 0 atom stereocenters. The molecule has 0 aliphatic carbocycles. The summed E-state index contributed by atoms with van der Waals surface area (Å²) < 4.78 is 6.87. The number of rotatable bonds is 4. The molecule has 0 saturated carbocycles. The number of nitriles is 1. The van der Waals surface area contributed by atoms with Gasteiger partial charge in [-0.05, 0) is 37.1 Å². The number of pyridine rings is 2. The highest BCUT2D eigenvalue weighted by Crippen LogP contribution is 2.33.